The molecular weight excluding hydrogens is 548 g/mol. The van der Waals surface area contributed by atoms with Crippen LogP contribution >= 0.6 is 0 Å². The fourth-order valence-electron chi connectivity index (χ4n) is 7.80. The number of ether oxygens (including phenoxy) is 3. The summed E-state index contributed by atoms with van der Waals surface area (Å²) in [6.07, 6.45) is 5.95. The quantitative estimate of drug-likeness (QED) is 0.452. The van der Waals surface area contributed by atoms with E-state index in [9.17, 15) is 14.9 Å². The number of nitriles is 1. The van der Waals surface area contributed by atoms with Gasteiger partial charge < -0.3 is 24.0 Å². The summed E-state index contributed by atoms with van der Waals surface area (Å²) in [7, 11) is 3.76. The highest BCUT2D eigenvalue weighted by molar-refractivity contribution is 5.94. The molecule has 0 bridgehead atoms. The van der Waals surface area contributed by atoms with E-state index >= 15 is 0 Å². The lowest BCUT2D eigenvalue weighted by atomic mass is 9.69. The third-order valence-corrected chi connectivity index (χ3v) is 10.3. The van der Waals surface area contributed by atoms with Crippen molar-refractivity contribution in [2.24, 2.45) is 5.92 Å². The number of hydrogen-bond donors (Lipinski definition) is 2. The number of rotatable bonds is 7. The number of nitrogens with one attached hydrogen (secondary N) is 2. The molecule has 0 aromatic heterocycles. The first-order valence-corrected chi connectivity index (χ1v) is 15.6. The summed E-state index contributed by atoms with van der Waals surface area (Å²) in [6.45, 7) is 6.94. The molecule has 11 heteroatoms. The van der Waals surface area contributed by atoms with Gasteiger partial charge in [0.15, 0.2) is 17.7 Å². The van der Waals surface area contributed by atoms with Crippen molar-refractivity contribution >= 4 is 11.7 Å². The van der Waals surface area contributed by atoms with Gasteiger partial charge in [-0.15, -0.1) is 0 Å². The van der Waals surface area contributed by atoms with E-state index in [4.69, 9.17) is 14.2 Å². The number of piperazine rings is 1. The van der Waals surface area contributed by atoms with Crippen LogP contribution in [0.25, 0.3) is 0 Å². The summed E-state index contributed by atoms with van der Waals surface area (Å²) in [5, 5.41) is 16.8. The molecule has 4 fully saturated rings. The second-order valence-electron chi connectivity index (χ2n) is 12.6. The Kier molecular flexibility index (Phi) is 8.76. The predicted molar refractivity (Wildman–Crippen MR) is 159 cm³/mol. The zero-order valence-electron chi connectivity index (χ0n) is 25.3. The number of methoxy groups -OCH3 is 1. The molecule has 11 nitrogen and oxygen atoms in total. The number of likely N-dealkylation sites (tertiary alicyclic amines) is 1. The molecule has 232 valence electrons. The van der Waals surface area contributed by atoms with E-state index in [0.717, 1.165) is 43.5 Å². The van der Waals surface area contributed by atoms with Crippen molar-refractivity contribution in [1.82, 2.24) is 25.3 Å². The van der Waals surface area contributed by atoms with E-state index < -0.39 is 18.0 Å². The first-order chi connectivity index (χ1) is 20.9. The predicted octanol–water partition coefficient (Wildman–Crippen LogP) is 1.63. The van der Waals surface area contributed by atoms with E-state index in [2.05, 4.69) is 40.1 Å². The number of nitrogens with zero attached hydrogens (tertiary/aromatic N) is 4. The van der Waals surface area contributed by atoms with Gasteiger partial charge in [-0.2, -0.15) is 5.26 Å². The van der Waals surface area contributed by atoms with Crippen molar-refractivity contribution in [2.75, 3.05) is 46.9 Å². The lowest BCUT2D eigenvalue weighted by Crippen LogP contribution is -2.76. The number of aryl methyl sites for hydroxylation is 1. The number of carbonyl (C=O) groups is 2. The second-order valence-corrected chi connectivity index (χ2v) is 12.6. The lowest BCUT2D eigenvalue weighted by Gasteiger charge is -2.54. The van der Waals surface area contributed by atoms with Gasteiger partial charge in [0.2, 0.25) is 5.91 Å². The van der Waals surface area contributed by atoms with Crippen molar-refractivity contribution in [3.8, 4) is 17.6 Å². The smallest absolute Gasteiger partial charge is 0.246 e. The minimum Gasteiger partial charge on any atom is -0.497 e. The Balaban J connectivity index is 1.24. The number of amides is 1. The molecule has 0 radical (unpaired) electrons. The maximum Gasteiger partial charge on any atom is 0.246 e. The Morgan fingerprint density at radius 3 is 2.84 bits per heavy atom. The third-order valence-electron chi connectivity index (χ3n) is 10.3. The largest absolute Gasteiger partial charge is 0.497 e. The Hall–Kier alpha value is -3.01. The van der Waals surface area contributed by atoms with Gasteiger partial charge in [0.1, 0.15) is 11.5 Å². The molecule has 1 saturated carbocycles. The molecule has 4 aliphatic heterocycles. The van der Waals surface area contributed by atoms with Crippen molar-refractivity contribution < 1.29 is 23.8 Å². The van der Waals surface area contributed by atoms with Crippen molar-refractivity contribution in [1.29, 1.82) is 5.26 Å². The van der Waals surface area contributed by atoms with Gasteiger partial charge in [-0.25, -0.2) is 0 Å². The molecule has 5 aliphatic rings. The Labute approximate surface area is 254 Å². The van der Waals surface area contributed by atoms with Crippen LogP contribution in [0, 0.1) is 17.2 Å². The van der Waals surface area contributed by atoms with Crippen LogP contribution in [0.3, 0.4) is 0 Å². The maximum absolute atomic E-state index is 14.5. The van der Waals surface area contributed by atoms with Gasteiger partial charge in [0.05, 0.1) is 44.5 Å². The summed E-state index contributed by atoms with van der Waals surface area (Å²) in [6, 6.07) is 7.74. The molecular formula is C32H44N6O5. The van der Waals surface area contributed by atoms with Crippen LogP contribution in [-0.2, 0) is 20.7 Å². The van der Waals surface area contributed by atoms with Gasteiger partial charge in [0, 0.05) is 37.7 Å². The van der Waals surface area contributed by atoms with Gasteiger partial charge in [-0.3, -0.25) is 25.1 Å². The zero-order chi connectivity index (χ0) is 30.1. The van der Waals surface area contributed by atoms with Gasteiger partial charge in [-0.05, 0) is 69.8 Å². The van der Waals surface area contributed by atoms with Gasteiger partial charge >= 0.3 is 0 Å². The fourth-order valence-corrected chi connectivity index (χ4v) is 7.80. The molecule has 43 heavy (non-hydrogen) atoms. The normalized spacial score (nSPS) is 34.6. The zero-order valence-corrected chi connectivity index (χ0v) is 25.3. The number of carbonyl (C=O) groups excluding carboxylic acids is 2. The molecule has 1 spiro atoms. The molecule has 6 rings (SSSR count). The minimum absolute atomic E-state index is 0.0215. The summed E-state index contributed by atoms with van der Waals surface area (Å²) >= 11 is 0. The summed E-state index contributed by atoms with van der Waals surface area (Å²) in [5.41, 5.74) is 0.194. The fraction of sp³-hybridized carbons (Fsp3) is 0.656. The standard InChI is InChI=1S/C32H44N6O5/c1-4-27(39)38-17-16-37(19-22(38)11-14-33)30-25-10-13-32(12-9-21-7-8-24(41-3)18-26(21)43-32)29(40)28(25)34-31(35-30)42-20-23-6-5-15-36(23)2/h4,7-8,18,22-23,25,28,30-31,34-35H,1,5-6,9-13,15-17,19-20H2,2-3H3/t22?,23?,25?,28?,30?,31?,32-/m1/s1. The van der Waals surface area contributed by atoms with Crippen molar-refractivity contribution in [3.05, 3.63) is 36.4 Å². The Bertz CT molecular complexity index is 1270. The van der Waals surface area contributed by atoms with Crippen LogP contribution < -0.4 is 20.1 Å². The molecule has 1 amide bonds. The van der Waals surface area contributed by atoms with Crippen LogP contribution in [0.5, 0.6) is 11.5 Å². The third kappa shape index (κ3) is 5.79. The van der Waals surface area contributed by atoms with Crippen LogP contribution in [-0.4, -0.2) is 110 Å². The molecule has 4 heterocycles. The minimum atomic E-state index is -0.899. The highest BCUT2D eigenvalue weighted by atomic mass is 16.5. The number of likely N-dealkylation sites (N-methyl/N-ethyl adjacent to an activating group) is 1. The monoisotopic (exact) mass is 592 g/mol. The van der Waals surface area contributed by atoms with E-state index in [1.54, 1.807) is 12.0 Å². The number of benzene rings is 1. The highest BCUT2D eigenvalue weighted by Crippen LogP contribution is 2.44. The Morgan fingerprint density at radius 2 is 2.09 bits per heavy atom. The van der Waals surface area contributed by atoms with Crippen molar-refractivity contribution in [2.45, 2.75) is 81.2 Å². The van der Waals surface area contributed by atoms with Crippen LogP contribution in [0.2, 0.25) is 0 Å². The Morgan fingerprint density at radius 1 is 1.23 bits per heavy atom. The van der Waals surface area contributed by atoms with E-state index in [-0.39, 0.29) is 36.2 Å². The first-order valence-electron chi connectivity index (χ1n) is 15.6. The summed E-state index contributed by atoms with van der Waals surface area (Å²) in [5.74, 6) is 1.33. The highest BCUT2D eigenvalue weighted by Gasteiger charge is 2.56. The molecule has 1 aromatic rings. The lowest BCUT2D eigenvalue weighted by molar-refractivity contribution is -0.160. The molecule has 2 N–H and O–H groups in total. The number of ketones is 1. The van der Waals surface area contributed by atoms with Gasteiger partial charge in [-0.1, -0.05) is 12.6 Å². The summed E-state index contributed by atoms with van der Waals surface area (Å²) < 4.78 is 18.5. The number of Topliss-reactive ketones (excluding diaryl/α,β-unsaturated/α-hetero) is 1. The number of fused-ring (bicyclic) bond motifs is 2. The summed E-state index contributed by atoms with van der Waals surface area (Å²) in [4.78, 5) is 33.4. The van der Waals surface area contributed by atoms with Crippen LogP contribution in [0.15, 0.2) is 30.9 Å². The first kappa shape index (κ1) is 30.0. The molecule has 3 saturated heterocycles. The number of hydrogen-bond acceptors (Lipinski definition) is 10. The van der Waals surface area contributed by atoms with E-state index in [0.29, 0.717) is 50.9 Å². The van der Waals surface area contributed by atoms with Crippen LogP contribution in [0.1, 0.15) is 44.1 Å². The SMILES string of the molecule is C=CC(=O)N1CCN(C2NC(OCC3CCCN3C)NC3C(=O)[C@@]4(CCc5ccc(OC)cc5O4)CCC32)CC1CC#N. The molecule has 7 atom stereocenters. The van der Waals surface area contributed by atoms with Crippen molar-refractivity contribution in [3.63, 3.8) is 0 Å². The van der Waals surface area contributed by atoms with E-state index in [1.807, 2.05) is 18.2 Å². The molecule has 1 aliphatic carbocycles. The molecule has 1 aromatic carbocycles. The molecule has 6 unspecified atom stereocenters. The maximum atomic E-state index is 14.5. The van der Waals surface area contributed by atoms with Crippen LogP contribution in [0.4, 0.5) is 0 Å². The average Bonchev–Trinajstić information content (AvgIpc) is 3.45. The second kappa shape index (κ2) is 12.5. The van der Waals surface area contributed by atoms with Gasteiger partial charge in [0.25, 0.3) is 0 Å². The average molecular weight is 593 g/mol. The van der Waals surface area contributed by atoms with E-state index in [1.165, 1.54) is 6.08 Å². The topological polar surface area (TPSA) is 119 Å².